The van der Waals surface area contributed by atoms with Gasteiger partial charge in [-0.15, -0.1) is 0 Å². The summed E-state index contributed by atoms with van der Waals surface area (Å²) in [6, 6.07) is 0. The summed E-state index contributed by atoms with van der Waals surface area (Å²) in [5, 5.41) is 12.3. The zero-order valence-corrected chi connectivity index (χ0v) is 7.18. The maximum atomic E-state index is 11.0. The molecule has 1 aliphatic carbocycles. The smallest absolute Gasteiger partial charge is 0.220 e. The van der Waals surface area contributed by atoms with Gasteiger partial charge in [0.05, 0.1) is 6.10 Å². The van der Waals surface area contributed by atoms with Gasteiger partial charge in [-0.3, -0.25) is 4.79 Å². The summed E-state index contributed by atoms with van der Waals surface area (Å²) in [5.41, 5.74) is 0.0658. The minimum absolute atomic E-state index is 0.0658. The molecule has 0 radical (unpaired) electrons. The second-order valence-electron chi connectivity index (χ2n) is 4.06. The molecule has 3 heteroatoms. The number of hydrogen-bond donors (Lipinski definition) is 2. The van der Waals surface area contributed by atoms with Crippen LogP contribution in [0, 0.1) is 0 Å². The van der Waals surface area contributed by atoms with E-state index in [1.54, 1.807) is 0 Å². The van der Waals surface area contributed by atoms with Crippen molar-refractivity contribution in [1.82, 2.24) is 5.32 Å². The van der Waals surface area contributed by atoms with Gasteiger partial charge in [0.25, 0.3) is 0 Å². The first-order valence-electron chi connectivity index (χ1n) is 4.69. The number of hydrogen-bond acceptors (Lipinski definition) is 2. The van der Waals surface area contributed by atoms with Crippen LogP contribution in [-0.2, 0) is 4.79 Å². The zero-order chi connectivity index (χ0) is 8.60. The van der Waals surface area contributed by atoms with E-state index in [1.165, 1.54) is 0 Å². The van der Waals surface area contributed by atoms with Crippen LogP contribution in [0.15, 0.2) is 0 Å². The van der Waals surface area contributed by atoms with Gasteiger partial charge in [0, 0.05) is 12.0 Å². The van der Waals surface area contributed by atoms with Crippen LogP contribution in [0.4, 0.5) is 0 Å². The molecule has 0 aromatic rings. The number of aliphatic hydroxyl groups is 1. The zero-order valence-electron chi connectivity index (χ0n) is 7.18. The minimum Gasteiger partial charge on any atom is -0.393 e. The summed E-state index contributed by atoms with van der Waals surface area (Å²) < 4.78 is 0. The Labute approximate surface area is 72.2 Å². The summed E-state index contributed by atoms with van der Waals surface area (Å²) in [7, 11) is 0. The van der Waals surface area contributed by atoms with Crippen molar-refractivity contribution in [2.24, 2.45) is 0 Å². The van der Waals surface area contributed by atoms with E-state index in [0.717, 1.165) is 32.1 Å². The summed E-state index contributed by atoms with van der Waals surface area (Å²) in [6.45, 7) is 0. The molecule has 2 N–H and O–H groups in total. The predicted molar refractivity (Wildman–Crippen MR) is 44.6 cm³/mol. The molecule has 2 aliphatic rings. The van der Waals surface area contributed by atoms with Crippen molar-refractivity contribution in [3.63, 3.8) is 0 Å². The molecule has 0 unspecified atom stereocenters. The van der Waals surface area contributed by atoms with Crippen LogP contribution in [0.2, 0.25) is 0 Å². The van der Waals surface area contributed by atoms with Crippen molar-refractivity contribution in [1.29, 1.82) is 0 Å². The maximum Gasteiger partial charge on any atom is 0.220 e. The van der Waals surface area contributed by atoms with Gasteiger partial charge in [-0.1, -0.05) is 0 Å². The Morgan fingerprint density at radius 2 is 2.00 bits per heavy atom. The first-order chi connectivity index (χ1) is 5.70. The second-order valence-corrected chi connectivity index (χ2v) is 4.06. The van der Waals surface area contributed by atoms with Gasteiger partial charge in [0.15, 0.2) is 0 Å². The van der Waals surface area contributed by atoms with E-state index in [-0.39, 0.29) is 17.6 Å². The van der Waals surface area contributed by atoms with Crippen LogP contribution in [0.1, 0.15) is 38.5 Å². The normalized spacial score (nSPS) is 41.8. The first-order valence-corrected chi connectivity index (χ1v) is 4.69. The number of aliphatic hydroxyl groups excluding tert-OH is 1. The Hall–Kier alpha value is -0.570. The Morgan fingerprint density at radius 3 is 2.50 bits per heavy atom. The standard InChI is InChI=1S/C9H15NO2/c11-7-1-4-9(5-2-7)6-3-8(12)10-9/h7,11H,1-6H2,(H,10,12). The summed E-state index contributed by atoms with van der Waals surface area (Å²) >= 11 is 0. The van der Waals surface area contributed by atoms with E-state index in [9.17, 15) is 9.90 Å². The average molecular weight is 169 g/mol. The number of carbonyl (C=O) groups excluding carboxylic acids is 1. The molecule has 0 aromatic carbocycles. The van der Waals surface area contributed by atoms with Crippen molar-refractivity contribution in [2.45, 2.75) is 50.2 Å². The third-order valence-electron chi connectivity index (χ3n) is 3.15. The maximum absolute atomic E-state index is 11.0. The molecular formula is C9H15NO2. The predicted octanol–water partition coefficient (Wildman–Crippen LogP) is 0.570. The van der Waals surface area contributed by atoms with Gasteiger partial charge in [0.1, 0.15) is 0 Å². The molecule has 1 aliphatic heterocycles. The highest BCUT2D eigenvalue weighted by atomic mass is 16.3. The quantitative estimate of drug-likeness (QED) is 0.557. The third kappa shape index (κ3) is 1.33. The molecule has 1 saturated carbocycles. The number of carbonyl (C=O) groups is 1. The lowest BCUT2D eigenvalue weighted by Crippen LogP contribution is -2.45. The molecule has 1 spiro atoms. The van der Waals surface area contributed by atoms with E-state index >= 15 is 0 Å². The van der Waals surface area contributed by atoms with Crippen LogP contribution in [0.25, 0.3) is 0 Å². The third-order valence-corrected chi connectivity index (χ3v) is 3.15. The van der Waals surface area contributed by atoms with Gasteiger partial charge >= 0.3 is 0 Å². The Kier molecular flexibility index (Phi) is 1.83. The van der Waals surface area contributed by atoms with Gasteiger partial charge in [0.2, 0.25) is 5.91 Å². The molecule has 1 saturated heterocycles. The van der Waals surface area contributed by atoms with Crippen LogP contribution in [0.3, 0.4) is 0 Å². The Balaban J connectivity index is 1.99. The number of amides is 1. The van der Waals surface area contributed by atoms with E-state index in [2.05, 4.69) is 5.32 Å². The Bertz CT molecular complexity index is 195. The topological polar surface area (TPSA) is 49.3 Å². The molecule has 12 heavy (non-hydrogen) atoms. The van der Waals surface area contributed by atoms with Crippen LogP contribution in [-0.4, -0.2) is 22.7 Å². The Morgan fingerprint density at radius 1 is 1.33 bits per heavy atom. The van der Waals surface area contributed by atoms with E-state index in [4.69, 9.17) is 0 Å². The minimum atomic E-state index is -0.131. The fraction of sp³-hybridized carbons (Fsp3) is 0.889. The fourth-order valence-electron chi connectivity index (χ4n) is 2.30. The summed E-state index contributed by atoms with van der Waals surface area (Å²) in [6.07, 6.45) is 5.13. The molecule has 0 aromatic heterocycles. The molecule has 1 heterocycles. The lowest BCUT2D eigenvalue weighted by Gasteiger charge is -2.35. The first kappa shape index (κ1) is 8.05. The van der Waals surface area contributed by atoms with Crippen LogP contribution in [0.5, 0.6) is 0 Å². The van der Waals surface area contributed by atoms with Crippen molar-refractivity contribution in [3.05, 3.63) is 0 Å². The summed E-state index contributed by atoms with van der Waals surface area (Å²) in [4.78, 5) is 11.0. The van der Waals surface area contributed by atoms with Crippen LogP contribution >= 0.6 is 0 Å². The number of nitrogens with one attached hydrogen (secondary N) is 1. The van der Waals surface area contributed by atoms with Crippen molar-refractivity contribution in [2.75, 3.05) is 0 Å². The van der Waals surface area contributed by atoms with Crippen molar-refractivity contribution >= 4 is 5.91 Å². The van der Waals surface area contributed by atoms with E-state index < -0.39 is 0 Å². The fourth-order valence-corrected chi connectivity index (χ4v) is 2.30. The van der Waals surface area contributed by atoms with Gasteiger partial charge in [-0.25, -0.2) is 0 Å². The van der Waals surface area contributed by atoms with E-state index in [0.29, 0.717) is 6.42 Å². The molecule has 0 bridgehead atoms. The summed E-state index contributed by atoms with van der Waals surface area (Å²) in [5.74, 6) is 0.186. The molecule has 0 atom stereocenters. The average Bonchev–Trinajstić information content (AvgIpc) is 2.40. The van der Waals surface area contributed by atoms with Crippen LogP contribution < -0.4 is 5.32 Å². The molecule has 3 nitrogen and oxygen atoms in total. The van der Waals surface area contributed by atoms with Gasteiger partial charge in [-0.05, 0) is 32.1 Å². The number of rotatable bonds is 0. The second kappa shape index (κ2) is 2.73. The van der Waals surface area contributed by atoms with Crippen molar-refractivity contribution in [3.8, 4) is 0 Å². The van der Waals surface area contributed by atoms with Gasteiger partial charge < -0.3 is 10.4 Å². The monoisotopic (exact) mass is 169 g/mol. The molecule has 2 rings (SSSR count). The molecule has 2 fully saturated rings. The largest absolute Gasteiger partial charge is 0.393 e. The van der Waals surface area contributed by atoms with Gasteiger partial charge in [-0.2, -0.15) is 0 Å². The highest BCUT2D eigenvalue weighted by Crippen LogP contribution is 2.35. The van der Waals surface area contributed by atoms with E-state index in [1.807, 2.05) is 0 Å². The molecular weight excluding hydrogens is 154 g/mol. The van der Waals surface area contributed by atoms with Crippen molar-refractivity contribution < 1.29 is 9.90 Å². The SMILES string of the molecule is O=C1CCC2(CCC(O)CC2)N1. The molecule has 1 amide bonds. The highest BCUT2D eigenvalue weighted by molar-refractivity contribution is 5.79. The lowest BCUT2D eigenvalue weighted by molar-refractivity contribution is -0.120. The highest BCUT2D eigenvalue weighted by Gasteiger charge is 2.40. The molecule has 68 valence electrons. The lowest BCUT2D eigenvalue weighted by atomic mass is 9.79.